The number of quaternary nitrogens is 1. The summed E-state index contributed by atoms with van der Waals surface area (Å²) in [6, 6.07) is 3.43. The molecule has 5 nitrogen and oxygen atoms in total. The average Bonchev–Trinajstić information content (AvgIpc) is 2.78. The second kappa shape index (κ2) is 5.42. The van der Waals surface area contributed by atoms with Crippen LogP contribution in [0, 0.1) is 0 Å². The zero-order valence-corrected chi connectivity index (χ0v) is 11.8. The van der Waals surface area contributed by atoms with Gasteiger partial charge in [-0.25, -0.2) is 4.98 Å². The van der Waals surface area contributed by atoms with Gasteiger partial charge in [-0.1, -0.05) is 11.6 Å². The number of hydrogen-bond acceptors (Lipinski definition) is 3. The lowest BCUT2D eigenvalue weighted by molar-refractivity contribution is -0.918. The maximum absolute atomic E-state index is 11.3. The molecule has 106 valence electrons. The Morgan fingerprint density at radius 2 is 2.10 bits per heavy atom. The highest BCUT2D eigenvalue weighted by Gasteiger charge is 2.20. The van der Waals surface area contributed by atoms with E-state index in [-0.39, 0.29) is 5.69 Å². The zero-order chi connectivity index (χ0) is 14.1. The Hall–Kier alpha value is -1.59. The van der Waals surface area contributed by atoms with Gasteiger partial charge >= 0.3 is 0 Å². The van der Waals surface area contributed by atoms with E-state index < -0.39 is 5.97 Å². The van der Waals surface area contributed by atoms with Gasteiger partial charge in [0.05, 0.1) is 24.1 Å². The van der Waals surface area contributed by atoms with Crippen molar-refractivity contribution in [2.24, 2.45) is 0 Å². The van der Waals surface area contributed by atoms with Gasteiger partial charge in [0, 0.05) is 6.20 Å². The Labute approximate surface area is 121 Å². The molecule has 0 aromatic carbocycles. The highest BCUT2D eigenvalue weighted by molar-refractivity contribution is 6.30. The second-order valence-electron chi connectivity index (χ2n) is 5.26. The van der Waals surface area contributed by atoms with Crippen LogP contribution in [-0.2, 0) is 6.54 Å². The molecule has 0 amide bonds. The average molecular weight is 294 g/mol. The Balaban J connectivity index is 2.03. The van der Waals surface area contributed by atoms with Gasteiger partial charge in [-0.3, -0.25) is 4.40 Å². The fourth-order valence-corrected chi connectivity index (χ4v) is 3.03. The molecular formula is C14H16ClN3O2. The number of carbonyl (C=O) groups is 1. The van der Waals surface area contributed by atoms with Gasteiger partial charge in [-0.15, -0.1) is 0 Å². The molecule has 3 rings (SSSR count). The number of nitrogens with zero attached hydrogens (tertiary/aromatic N) is 2. The molecule has 2 aromatic rings. The molecule has 1 aliphatic rings. The number of fused-ring (bicyclic) bond motifs is 1. The molecular weight excluding hydrogens is 278 g/mol. The van der Waals surface area contributed by atoms with E-state index in [0.29, 0.717) is 22.9 Å². The summed E-state index contributed by atoms with van der Waals surface area (Å²) in [5.41, 5.74) is 1.31. The molecule has 3 heterocycles. The summed E-state index contributed by atoms with van der Waals surface area (Å²) in [7, 11) is 0. The molecule has 1 fully saturated rings. The first-order valence-corrected chi connectivity index (χ1v) is 7.24. The maximum Gasteiger partial charge on any atom is 0.137 e. The minimum Gasteiger partial charge on any atom is -0.543 e. The third-order valence-electron chi connectivity index (χ3n) is 3.85. The van der Waals surface area contributed by atoms with Gasteiger partial charge in [0.1, 0.15) is 23.6 Å². The first-order valence-electron chi connectivity index (χ1n) is 6.86. The van der Waals surface area contributed by atoms with Gasteiger partial charge in [-0.05, 0) is 31.4 Å². The number of piperidine rings is 1. The molecule has 0 spiro atoms. The van der Waals surface area contributed by atoms with Gasteiger partial charge in [0.2, 0.25) is 0 Å². The minimum atomic E-state index is -1.23. The van der Waals surface area contributed by atoms with Crippen LogP contribution in [-0.4, -0.2) is 28.4 Å². The Morgan fingerprint density at radius 3 is 2.80 bits per heavy atom. The van der Waals surface area contributed by atoms with Gasteiger partial charge in [-0.2, -0.15) is 0 Å². The largest absolute Gasteiger partial charge is 0.543 e. The number of aromatic nitrogens is 2. The lowest BCUT2D eigenvalue weighted by Gasteiger charge is -2.23. The number of pyridine rings is 1. The fourth-order valence-electron chi connectivity index (χ4n) is 2.87. The summed E-state index contributed by atoms with van der Waals surface area (Å²) >= 11 is 6.00. The van der Waals surface area contributed by atoms with E-state index in [9.17, 15) is 9.90 Å². The van der Waals surface area contributed by atoms with Gasteiger partial charge in [0.15, 0.2) is 0 Å². The molecule has 0 unspecified atom stereocenters. The van der Waals surface area contributed by atoms with Crippen LogP contribution in [0.4, 0.5) is 0 Å². The number of likely N-dealkylation sites (tertiary alicyclic amines) is 1. The molecule has 1 saturated heterocycles. The van der Waals surface area contributed by atoms with E-state index in [1.165, 1.54) is 24.2 Å². The summed E-state index contributed by atoms with van der Waals surface area (Å²) in [5, 5.41) is 11.9. The SMILES string of the molecule is O=C([O-])c1nc2ccc(Cl)cn2c1C[NH+]1CCCCC1. The van der Waals surface area contributed by atoms with Crippen LogP contribution in [0.2, 0.25) is 5.02 Å². The number of nitrogens with one attached hydrogen (secondary N) is 1. The van der Waals surface area contributed by atoms with E-state index in [1.807, 2.05) is 0 Å². The highest BCUT2D eigenvalue weighted by Crippen LogP contribution is 2.16. The molecule has 1 aliphatic heterocycles. The monoisotopic (exact) mass is 293 g/mol. The molecule has 1 N–H and O–H groups in total. The lowest BCUT2D eigenvalue weighted by Crippen LogP contribution is -3.11. The quantitative estimate of drug-likeness (QED) is 0.861. The third kappa shape index (κ3) is 2.51. The first-order chi connectivity index (χ1) is 9.65. The summed E-state index contributed by atoms with van der Waals surface area (Å²) in [6.07, 6.45) is 5.35. The van der Waals surface area contributed by atoms with Crippen LogP contribution in [0.1, 0.15) is 35.4 Å². The van der Waals surface area contributed by atoms with Crippen molar-refractivity contribution in [2.45, 2.75) is 25.8 Å². The Morgan fingerprint density at radius 1 is 1.35 bits per heavy atom. The van der Waals surface area contributed by atoms with Crippen molar-refractivity contribution in [1.82, 2.24) is 9.38 Å². The predicted octanol–water partition coefficient (Wildman–Crippen LogP) is -0.0800. The number of carboxylic acid groups (broad SMARTS) is 1. The number of carboxylic acids is 1. The summed E-state index contributed by atoms with van der Waals surface area (Å²) in [4.78, 5) is 16.8. The lowest BCUT2D eigenvalue weighted by atomic mass is 10.1. The van der Waals surface area contributed by atoms with Crippen molar-refractivity contribution < 1.29 is 14.8 Å². The number of hydrogen-bond donors (Lipinski definition) is 1. The number of carbonyl (C=O) groups excluding carboxylic acids is 1. The molecule has 0 radical (unpaired) electrons. The van der Waals surface area contributed by atoms with Gasteiger partial charge < -0.3 is 14.8 Å². The number of imidazole rings is 1. The van der Waals surface area contributed by atoms with Crippen molar-refractivity contribution in [2.75, 3.05) is 13.1 Å². The molecule has 0 atom stereocenters. The molecule has 20 heavy (non-hydrogen) atoms. The zero-order valence-electron chi connectivity index (χ0n) is 11.1. The number of halogens is 1. The summed E-state index contributed by atoms with van der Waals surface area (Å²) in [6.45, 7) is 2.78. The predicted molar refractivity (Wildman–Crippen MR) is 72.8 cm³/mol. The van der Waals surface area contributed by atoms with Crippen molar-refractivity contribution in [3.63, 3.8) is 0 Å². The standard InChI is InChI=1S/C14H16ClN3O2/c15-10-4-5-12-16-13(14(19)20)11(18(12)8-10)9-17-6-2-1-3-7-17/h4-5,8H,1-3,6-7,9H2,(H,19,20). The summed E-state index contributed by atoms with van der Waals surface area (Å²) in [5.74, 6) is -1.23. The Bertz CT molecular complexity index is 647. The normalized spacial score (nSPS) is 16.6. The van der Waals surface area contributed by atoms with Crippen LogP contribution in [0.5, 0.6) is 0 Å². The van der Waals surface area contributed by atoms with E-state index in [2.05, 4.69) is 4.98 Å². The van der Waals surface area contributed by atoms with E-state index in [4.69, 9.17) is 11.6 Å². The van der Waals surface area contributed by atoms with E-state index in [1.54, 1.807) is 22.7 Å². The van der Waals surface area contributed by atoms with Crippen LogP contribution in [0.15, 0.2) is 18.3 Å². The van der Waals surface area contributed by atoms with Crippen molar-refractivity contribution in [1.29, 1.82) is 0 Å². The van der Waals surface area contributed by atoms with Crippen LogP contribution in [0.25, 0.3) is 5.65 Å². The molecule has 2 aromatic heterocycles. The van der Waals surface area contributed by atoms with Crippen LogP contribution >= 0.6 is 11.6 Å². The van der Waals surface area contributed by atoms with Crippen molar-refractivity contribution >= 4 is 23.2 Å². The maximum atomic E-state index is 11.3. The highest BCUT2D eigenvalue weighted by atomic mass is 35.5. The number of aromatic carboxylic acids is 1. The molecule has 0 saturated carbocycles. The van der Waals surface area contributed by atoms with E-state index in [0.717, 1.165) is 13.1 Å². The van der Waals surface area contributed by atoms with Crippen molar-refractivity contribution in [3.8, 4) is 0 Å². The van der Waals surface area contributed by atoms with Gasteiger partial charge in [0.25, 0.3) is 0 Å². The second-order valence-corrected chi connectivity index (χ2v) is 5.69. The van der Waals surface area contributed by atoms with Crippen molar-refractivity contribution in [3.05, 3.63) is 34.7 Å². The topological polar surface area (TPSA) is 61.9 Å². The first kappa shape index (κ1) is 13.4. The van der Waals surface area contributed by atoms with Crippen LogP contribution < -0.4 is 10.0 Å². The minimum absolute atomic E-state index is 0.0327. The Kier molecular flexibility index (Phi) is 3.63. The fraction of sp³-hybridized carbons (Fsp3) is 0.429. The smallest absolute Gasteiger partial charge is 0.137 e. The van der Waals surface area contributed by atoms with E-state index >= 15 is 0 Å². The summed E-state index contributed by atoms with van der Waals surface area (Å²) < 4.78 is 1.77. The molecule has 0 bridgehead atoms. The third-order valence-corrected chi connectivity index (χ3v) is 4.08. The van der Waals surface area contributed by atoms with Crippen LogP contribution in [0.3, 0.4) is 0 Å². The molecule has 0 aliphatic carbocycles. The molecule has 6 heteroatoms. The number of rotatable bonds is 3.